The number of furan rings is 1. The molecule has 4 heterocycles. The van der Waals surface area contributed by atoms with Gasteiger partial charge in [0.25, 0.3) is 0 Å². The van der Waals surface area contributed by atoms with Crippen molar-refractivity contribution in [3.05, 3.63) is 53.7 Å². The molecule has 0 bridgehead atoms. The van der Waals surface area contributed by atoms with Crippen molar-refractivity contribution in [1.29, 1.82) is 0 Å². The maximum Gasteiger partial charge on any atom is 0.227 e. The highest BCUT2D eigenvalue weighted by molar-refractivity contribution is 7.91. The molecule has 0 N–H and O–H groups in total. The fraction of sp³-hybridized carbons (Fsp3) is 0.474. The van der Waals surface area contributed by atoms with Gasteiger partial charge in [0.15, 0.2) is 9.84 Å². The molecular formula is C19H23N3O4S. The third-order valence-corrected chi connectivity index (χ3v) is 7.04. The number of carbonyl (C=O) groups excluding carboxylic acids is 1. The van der Waals surface area contributed by atoms with Gasteiger partial charge in [-0.25, -0.2) is 8.42 Å². The van der Waals surface area contributed by atoms with Gasteiger partial charge < -0.3 is 9.32 Å². The molecule has 2 atom stereocenters. The number of pyridine rings is 1. The van der Waals surface area contributed by atoms with E-state index in [1.54, 1.807) is 23.4 Å². The van der Waals surface area contributed by atoms with Crippen molar-refractivity contribution in [3.63, 3.8) is 0 Å². The first kappa shape index (κ1) is 18.2. The summed E-state index contributed by atoms with van der Waals surface area (Å²) in [5.74, 6) is 1.75. The summed E-state index contributed by atoms with van der Waals surface area (Å²) in [5, 5.41) is 0. The minimum absolute atomic E-state index is 0.0319. The number of hydrogen-bond acceptors (Lipinski definition) is 6. The van der Waals surface area contributed by atoms with Crippen LogP contribution in [-0.4, -0.2) is 65.8 Å². The van der Waals surface area contributed by atoms with Crippen molar-refractivity contribution in [2.45, 2.75) is 32.0 Å². The summed E-state index contributed by atoms with van der Waals surface area (Å²) in [5.41, 5.74) is 0.841. The molecular weight excluding hydrogens is 366 g/mol. The molecule has 2 fully saturated rings. The molecule has 1 amide bonds. The second kappa shape index (κ2) is 7.09. The Hall–Kier alpha value is -2.19. The Balaban J connectivity index is 1.52. The molecule has 8 heteroatoms. The van der Waals surface area contributed by atoms with E-state index in [2.05, 4.69) is 9.88 Å². The second-order valence-corrected chi connectivity index (χ2v) is 9.47. The minimum atomic E-state index is -3.17. The van der Waals surface area contributed by atoms with Gasteiger partial charge in [-0.2, -0.15) is 0 Å². The van der Waals surface area contributed by atoms with Crippen LogP contribution in [0.1, 0.15) is 17.1 Å². The summed E-state index contributed by atoms with van der Waals surface area (Å²) < 4.78 is 30.3. The maximum atomic E-state index is 12.9. The lowest BCUT2D eigenvalue weighted by atomic mass is 10.0. The average Bonchev–Trinajstić information content (AvgIpc) is 3.17. The topological polar surface area (TPSA) is 83.7 Å². The second-order valence-electron chi connectivity index (χ2n) is 7.32. The van der Waals surface area contributed by atoms with Gasteiger partial charge in [0.2, 0.25) is 5.91 Å². The van der Waals surface area contributed by atoms with Crippen LogP contribution in [0.5, 0.6) is 0 Å². The summed E-state index contributed by atoms with van der Waals surface area (Å²) >= 11 is 0. The van der Waals surface area contributed by atoms with E-state index >= 15 is 0 Å². The molecule has 2 saturated heterocycles. The number of sulfone groups is 1. The van der Waals surface area contributed by atoms with Crippen molar-refractivity contribution in [2.24, 2.45) is 0 Å². The molecule has 2 aliphatic heterocycles. The van der Waals surface area contributed by atoms with Crippen LogP contribution in [0.15, 0.2) is 41.1 Å². The van der Waals surface area contributed by atoms with E-state index in [1.165, 1.54) is 0 Å². The first-order chi connectivity index (χ1) is 12.9. The van der Waals surface area contributed by atoms with Crippen molar-refractivity contribution < 1.29 is 17.6 Å². The van der Waals surface area contributed by atoms with E-state index in [-0.39, 0.29) is 35.9 Å². The minimum Gasteiger partial charge on any atom is -0.465 e. The molecule has 0 radical (unpaired) electrons. The van der Waals surface area contributed by atoms with Gasteiger partial charge >= 0.3 is 0 Å². The summed E-state index contributed by atoms with van der Waals surface area (Å²) in [6.07, 6.45) is 3.59. The zero-order valence-corrected chi connectivity index (χ0v) is 16.1. The number of piperazine rings is 1. The Morgan fingerprint density at radius 1 is 1.22 bits per heavy atom. The Morgan fingerprint density at radius 2 is 2.04 bits per heavy atom. The number of carbonyl (C=O) groups is 1. The third kappa shape index (κ3) is 3.91. The normalized spacial score (nSPS) is 24.7. The largest absolute Gasteiger partial charge is 0.465 e. The molecule has 0 aliphatic carbocycles. The first-order valence-electron chi connectivity index (χ1n) is 9.09. The molecule has 27 heavy (non-hydrogen) atoms. The average molecular weight is 389 g/mol. The molecule has 144 valence electrons. The van der Waals surface area contributed by atoms with Crippen LogP contribution in [0.25, 0.3) is 0 Å². The number of aromatic nitrogens is 1. The molecule has 2 aromatic heterocycles. The van der Waals surface area contributed by atoms with Crippen LogP contribution >= 0.6 is 0 Å². The Labute approximate surface area is 158 Å². The molecule has 2 aromatic rings. The van der Waals surface area contributed by atoms with E-state index < -0.39 is 9.84 Å². The monoisotopic (exact) mass is 389 g/mol. The van der Waals surface area contributed by atoms with Crippen LogP contribution in [0, 0.1) is 6.92 Å². The standard InChI is InChI=1S/C19H23N3O4S/c1-14-4-5-16(26-14)11-21-7-8-22(18-13-27(24,25)12-17(18)21)19(23)9-15-3-2-6-20-10-15/h2-6,10,17-18H,7-9,11-13H2,1H3/t17-,18+/m1/s1. The third-order valence-electron chi connectivity index (χ3n) is 5.34. The van der Waals surface area contributed by atoms with E-state index in [4.69, 9.17) is 4.42 Å². The molecule has 0 aromatic carbocycles. The van der Waals surface area contributed by atoms with Gasteiger partial charge in [0.05, 0.1) is 30.5 Å². The van der Waals surface area contributed by atoms with Gasteiger partial charge in [0.1, 0.15) is 11.5 Å². The lowest BCUT2D eigenvalue weighted by Gasteiger charge is -2.43. The first-order valence-corrected chi connectivity index (χ1v) is 10.9. The molecule has 2 aliphatic rings. The summed E-state index contributed by atoms with van der Waals surface area (Å²) in [7, 11) is -3.17. The smallest absolute Gasteiger partial charge is 0.227 e. The Morgan fingerprint density at radius 3 is 2.74 bits per heavy atom. The van der Waals surface area contributed by atoms with E-state index in [9.17, 15) is 13.2 Å². The molecule has 4 rings (SSSR count). The molecule has 0 spiro atoms. The Bertz CT molecular complexity index is 925. The van der Waals surface area contributed by atoms with Crippen LogP contribution in [0.2, 0.25) is 0 Å². The van der Waals surface area contributed by atoms with Gasteiger partial charge in [-0.3, -0.25) is 14.7 Å². The van der Waals surface area contributed by atoms with Crippen molar-refractivity contribution in [1.82, 2.24) is 14.8 Å². The molecule has 7 nitrogen and oxygen atoms in total. The zero-order chi connectivity index (χ0) is 19.0. The summed E-state index contributed by atoms with van der Waals surface area (Å²) in [6.45, 7) is 3.61. The van der Waals surface area contributed by atoms with Crippen molar-refractivity contribution >= 4 is 15.7 Å². The maximum absolute atomic E-state index is 12.9. The Kier molecular flexibility index (Phi) is 4.77. The lowest BCUT2D eigenvalue weighted by molar-refractivity contribution is -0.136. The fourth-order valence-corrected chi connectivity index (χ4v) is 6.09. The van der Waals surface area contributed by atoms with Crippen LogP contribution in [-0.2, 0) is 27.6 Å². The fourth-order valence-electron chi connectivity index (χ4n) is 4.08. The lowest BCUT2D eigenvalue weighted by Crippen LogP contribution is -2.60. The van der Waals surface area contributed by atoms with E-state index in [0.29, 0.717) is 19.6 Å². The van der Waals surface area contributed by atoms with Crippen molar-refractivity contribution in [3.8, 4) is 0 Å². The van der Waals surface area contributed by atoms with Crippen LogP contribution < -0.4 is 0 Å². The summed E-state index contributed by atoms with van der Waals surface area (Å²) in [4.78, 5) is 20.8. The number of hydrogen-bond donors (Lipinski definition) is 0. The predicted octanol–water partition coefficient (Wildman–Crippen LogP) is 1.04. The highest BCUT2D eigenvalue weighted by Gasteiger charge is 2.47. The highest BCUT2D eigenvalue weighted by Crippen LogP contribution is 2.29. The quantitative estimate of drug-likeness (QED) is 0.777. The van der Waals surface area contributed by atoms with Crippen LogP contribution in [0.4, 0.5) is 0 Å². The molecule has 0 unspecified atom stereocenters. The predicted molar refractivity (Wildman–Crippen MR) is 99.7 cm³/mol. The molecule has 0 saturated carbocycles. The van der Waals surface area contributed by atoms with Gasteiger partial charge in [-0.15, -0.1) is 0 Å². The number of amides is 1. The number of fused-ring (bicyclic) bond motifs is 1. The summed E-state index contributed by atoms with van der Waals surface area (Å²) in [6, 6.07) is 7.01. The zero-order valence-electron chi connectivity index (χ0n) is 15.2. The van der Waals surface area contributed by atoms with E-state index in [1.807, 2.05) is 25.1 Å². The number of nitrogens with zero attached hydrogens (tertiary/aromatic N) is 3. The number of aryl methyl sites for hydroxylation is 1. The van der Waals surface area contributed by atoms with Crippen LogP contribution in [0.3, 0.4) is 0 Å². The van der Waals surface area contributed by atoms with E-state index in [0.717, 1.165) is 17.1 Å². The highest BCUT2D eigenvalue weighted by atomic mass is 32.2. The van der Waals surface area contributed by atoms with Gasteiger partial charge in [-0.05, 0) is 30.7 Å². The van der Waals surface area contributed by atoms with Crippen molar-refractivity contribution in [2.75, 3.05) is 24.6 Å². The SMILES string of the molecule is Cc1ccc(CN2CCN(C(=O)Cc3cccnc3)[C@H]3CS(=O)(=O)C[C@H]32)o1. The number of rotatable bonds is 4. The van der Waals surface area contributed by atoms with Gasteiger partial charge in [-0.1, -0.05) is 6.07 Å². The van der Waals surface area contributed by atoms with Gasteiger partial charge in [0, 0.05) is 31.5 Å².